The Morgan fingerprint density at radius 1 is 1.44 bits per heavy atom. The first kappa shape index (κ1) is 11.5. The van der Waals surface area contributed by atoms with Gasteiger partial charge in [-0.1, -0.05) is 6.42 Å². The molecule has 1 unspecified atom stereocenters. The fourth-order valence-corrected chi connectivity index (χ4v) is 2.59. The minimum absolute atomic E-state index is 0.453. The third-order valence-corrected chi connectivity index (χ3v) is 3.67. The quantitative estimate of drug-likeness (QED) is 0.891. The van der Waals surface area contributed by atoms with Gasteiger partial charge in [-0.3, -0.25) is 4.68 Å². The lowest BCUT2D eigenvalue weighted by molar-refractivity contribution is 0.395. The SMILES string of the molecule is Cn1nccc1Cn1cncc1C1CCCCN1. The Kier molecular flexibility index (Phi) is 3.15. The summed E-state index contributed by atoms with van der Waals surface area (Å²) in [7, 11) is 1.98. The van der Waals surface area contributed by atoms with Crippen LogP contribution in [0.25, 0.3) is 0 Å². The van der Waals surface area contributed by atoms with Gasteiger partial charge >= 0.3 is 0 Å². The summed E-state index contributed by atoms with van der Waals surface area (Å²) in [5.41, 5.74) is 2.49. The van der Waals surface area contributed by atoms with Gasteiger partial charge in [-0.15, -0.1) is 0 Å². The zero-order chi connectivity index (χ0) is 12.4. The monoisotopic (exact) mass is 245 g/mol. The zero-order valence-electron chi connectivity index (χ0n) is 10.7. The van der Waals surface area contributed by atoms with E-state index in [9.17, 15) is 0 Å². The van der Waals surface area contributed by atoms with E-state index < -0.39 is 0 Å². The summed E-state index contributed by atoms with van der Waals surface area (Å²) in [4.78, 5) is 4.30. The van der Waals surface area contributed by atoms with Crippen molar-refractivity contribution in [3.63, 3.8) is 0 Å². The predicted molar refractivity (Wildman–Crippen MR) is 69.1 cm³/mol. The molecule has 0 saturated carbocycles. The van der Waals surface area contributed by atoms with Crippen LogP contribution in [0.4, 0.5) is 0 Å². The lowest BCUT2D eigenvalue weighted by atomic mass is 10.0. The van der Waals surface area contributed by atoms with Crippen molar-refractivity contribution in [1.82, 2.24) is 24.6 Å². The van der Waals surface area contributed by atoms with Crippen LogP contribution in [0.3, 0.4) is 0 Å². The molecule has 1 aliphatic rings. The molecule has 0 amide bonds. The van der Waals surface area contributed by atoms with E-state index in [-0.39, 0.29) is 0 Å². The van der Waals surface area contributed by atoms with Crippen LogP contribution in [-0.4, -0.2) is 25.9 Å². The lowest BCUT2D eigenvalue weighted by Gasteiger charge is -2.24. The molecule has 0 spiro atoms. The summed E-state index contributed by atoms with van der Waals surface area (Å²) in [5, 5.41) is 7.78. The fourth-order valence-electron chi connectivity index (χ4n) is 2.59. The average molecular weight is 245 g/mol. The molecule has 2 aromatic heterocycles. The van der Waals surface area contributed by atoms with Gasteiger partial charge in [0.15, 0.2) is 0 Å². The highest BCUT2D eigenvalue weighted by molar-refractivity contribution is 5.10. The number of rotatable bonds is 3. The smallest absolute Gasteiger partial charge is 0.0952 e. The molecule has 1 saturated heterocycles. The summed E-state index contributed by atoms with van der Waals surface area (Å²) in [6.45, 7) is 1.95. The molecule has 1 fully saturated rings. The van der Waals surface area contributed by atoms with Gasteiger partial charge in [-0.05, 0) is 25.5 Å². The van der Waals surface area contributed by atoms with Crippen LogP contribution in [0, 0.1) is 0 Å². The van der Waals surface area contributed by atoms with E-state index in [1.807, 2.05) is 30.5 Å². The molecular formula is C13H19N5. The molecule has 1 atom stereocenters. The maximum absolute atomic E-state index is 4.30. The largest absolute Gasteiger partial charge is 0.327 e. The van der Waals surface area contributed by atoms with E-state index in [1.54, 1.807) is 0 Å². The lowest BCUT2D eigenvalue weighted by Crippen LogP contribution is -2.28. The molecule has 96 valence electrons. The normalized spacial score (nSPS) is 20.2. The Labute approximate surface area is 107 Å². The highest BCUT2D eigenvalue weighted by atomic mass is 15.3. The van der Waals surface area contributed by atoms with E-state index in [4.69, 9.17) is 0 Å². The summed E-state index contributed by atoms with van der Waals surface area (Å²) in [6, 6.07) is 2.51. The van der Waals surface area contributed by atoms with Gasteiger partial charge in [-0.2, -0.15) is 5.10 Å². The number of nitrogens with one attached hydrogen (secondary N) is 1. The topological polar surface area (TPSA) is 47.7 Å². The molecule has 18 heavy (non-hydrogen) atoms. The van der Waals surface area contributed by atoms with Crippen LogP contribution in [0.5, 0.6) is 0 Å². The van der Waals surface area contributed by atoms with Gasteiger partial charge in [0.2, 0.25) is 0 Å². The van der Waals surface area contributed by atoms with Crippen molar-refractivity contribution < 1.29 is 0 Å². The number of aromatic nitrogens is 4. The van der Waals surface area contributed by atoms with Crippen molar-refractivity contribution in [2.24, 2.45) is 7.05 Å². The molecule has 0 radical (unpaired) electrons. The maximum atomic E-state index is 4.30. The summed E-state index contributed by atoms with van der Waals surface area (Å²) < 4.78 is 4.14. The second kappa shape index (κ2) is 4.94. The highest BCUT2D eigenvalue weighted by Gasteiger charge is 2.18. The molecule has 0 aromatic carbocycles. The predicted octanol–water partition coefficient (Wildman–Crippen LogP) is 1.48. The summed E-state index contributed by atoms with van der Waals surface area (Å²) in [5.74, 6) is 0. The van der Waals surface area contributed by atoms with Crippen molar-refractivity contribution in [2.75, 3.05) is 6.54 Å². The Bertz CT molecular complexity index is 507. The zero-order valence-corrected chi connectivity index (χ0v) is 10.7. The van der Waals surface area contributed by atoms with E-state index >= 15 is 0 Å². The number of hydrogen-bond donors (Lipinski definition) is 1. The second-order valence-corrected chi connectivity index (χ2v) is 4.90. The molecule has 3 rings (SSSR count). The van der Waals surface area contributed by atoms with Crippen molar-refractivity contribution >= 4 is 0 Å². The molecule has 3 heterocycles. The molecule has 0 bridgehead atoms. The first-order valence-electron chi connectivity index (χ1n) is 6.55. The molecule has 5 heteroatoms. The van der Waals surface area contributed by atoms with Gasteiger partial charge < -0.3 is 9.88 Å². The molecule has 0 aliphatic carbocycles. The first-order chi connectivity index (χ1) is 8.84. The minimum Gasteiger partial charge on any atom is -0.327 e. The van der Waals surface area contributed by atoms with Crippen LogP contribution in [0.2, 0.25) is 0 Å². The molecular weight excluding hydrogens is 226 g/mol. The van der Waals surface area contributed by atoms with Gasteiger partial charge in [0.25, 0.3) is 0 Å². The Morgan fingerprint density at radius 2 is 2.39 bits per heavy atom. The average Bonchev–Trinajstić information content (AvgIpc) is 3.01. The fraction of sp³-hybridized carbons (Fsp3) is 0.538. The highest BCUT2D eigenvalue weighted by Crippen LogP contribution is 2.23. The number of aryl methyl sites for hydroxylation is 1. The Hall–Kier alpha value is -1.62. The van der Waals surface area contributed by atoms with E-state index in [2.05, 4.69) is 26.0 Å². The van der Waals surface area contributed by atoms with Crippen LogP contribution in [0.15, 0.2) is 24.8 Å². The molecule has 5 nitrogen and oxygen atoms in total. The third kappa shape index (κ3) is 2.18. The van der Waals surface area contributed by atoms with E-state index in [1.165, 1.54) is 30.7 Å². The van der Waals surface area contributed by atoms with Gasteiger partial charge in [0.05, 0.1) is 24.3 Å². The van der Waals surface area contributed by atoms with Gasteiger partial charge in [-0.25, -0.2) is 4.98 Å². The van der Waals surface area contributed by atoms with E-state index in [0.29, 0.717) is 6.04 Å². The standard InChI is InChI=1S/C13H19N5/c1-17-11(5-7-16-17)9-18-10-14-8-13(18)12-4-2-3-6-15-12/h5,7-8,10,12,15H,2-4,6,9H2,1H3. The number of nitrogens with zero attached hydrogens (tertiary/aromatic N) is 4. The molecule has 1 N–H and O–H groups in total. The van der Waals surface area contributed by atoms with Crippen molar-refractivity contribution in [3.8, 4) is 0 Å². The third-order valence-electron chi connectivity index (χ3n) is 3.67. The Balaban J connectivity index is 1.80. The van der Waals surface area contributed by atoms with Crippen LogP contribution < -0.4 is 5.32 Å². The van der Waals surface area contributed by atoms with Crippen LogP contribution in [0.1, 0.15) is 36.7 Å². The summed E-state index contributed by atoms with van der Waals surface area (Å²) >= 11 is 0. The number of piperidine rings is 1. The molecule has 2 aromatic rings. The van der Waals surface area contributed by atoms with Gasteiger partial charge in [0.1, 0.15) is 0 Å². The van der Waals surface area contributed by atoms with Crippen molar-refractivity contribution in [1.29, 1.82) is 0 Å². The van der Waals surface area contributed by atoms with E-state index in [0.717, 1.165) is 13.1 Å². The van der Waals surface area contributed by atoms with Crippen molar-refractivity contribution in [2.45, 2.75) is 31.8 Å². The second-order valence-electron chi connectivity index (χ2n) is 4.90. The Morgan fingerprint density at radius 3 is 3.11 bits per heavy atom. The van der Waals surface area contributed by atoms with Crippen LogP contribution >= 0.6 is 0 Å². The van der Waals surface area contributed by atoms with Crippen molar-refractivity contribution in [3.05, 3.63) is 36.2 Å². The minimum atomic E-state index is 0.453. The van der Waals surface area contributed by atoms with Crippen LogP contribution in [-0.2, 0) is 13.6 Å². The van der Waals surface area contributed by atoms with Gasteiger partial charge in [0, 0.05) is 25.5 Å². The number of hydrogen-bond acceptors (Lipinski definition) is 3. The molecule has 1 aliphatic heterocycles. The summed E-state index contributed by atoms with van der Waals surface area (Å²) in [6.07, 6.45) is 9.53. The number of imidazole rings is 1. The maximum Gasteiger partial charge on any atom is 0.0952 e. The first-order valence-corrected chi connectivity index (χ1v) is 6.55.